The summed E-state index contributed by atoms with van der Waals surface area (Å²) in [7, 11) is -7.82. The number of hydrogen-bond donors (Lipinski definition) is 3. The molecule has 15 heteroatoms. The monoisotopic (exact) mass is 767 g/mol. The lowest BCUT2D eigenvalue weighted by Crippen LogP contribution is -2.35. The standard InChI is InChI=1S/C38H45N3O10S2/c1-4-6-22-49-38(43)41-37(39)30-18-19-32(50-25-27-12-8-7-9-13-27)35(24-30)53(46,47)40-21-20-28-16-17-29(23-33(28)51-26-36(42)48-5-2)31-14-10-11-15-34(31)52(3,44)45/h7-19,23-24,37,40H,4-6,20-22,25-26,39H2,1-3H3,(H,41,43). The molecule has 0 aromatic heterocycles. The van der Waals surface area contributed by atoms with E-state index in [0.29, 0.717) is 28.7 Å². The topological polar surface area (TPSA) is 189 Å². The number of nitrogens with two attached hydrogens (primary N) is 1. The van der Waals surface area contributed by atoms with Gasteiger partial charge in [0.25, 0.3) is 0 Å². The molecular weight excluding hydrogens is 723 g/mol. The van der Waals surface area contributed by atoms with E-state index in [4.69, 9.17) is 24.7 Å². The molecule has 4 aromatic rings. The normalized spacial score (nSPS) is 12.1. The maximum Gasteiger partial charge on any atom is 0.408 e. The van der Waals surface area contributed by atoms with Gasteiger partial charge in [-0.25, -0.2) is 31.1 Å². The Balaban J connectivity index is 1.59. The van der Waals surface area contributed by atoms with Crippen LogP contribution in [0.1, 0.15) is 49.5 Å². The molecule has 0 radical (unpaired) electrons. The van der Waals surface area contributed by atoms with Gasteiger partial charge in [0, 0.05) is 18.4 Å². The number of esters is 1. The van der Waals surface area contributed by atoms with E-state index in [1.807, 2.05) is 37.3 Å². The summed E-state index contributed by atoms with van der Waals surface area (Å²) in [6, 6.07) is 25.1. The number of unbranched alkanes of at least 4 members (excludes halogenated alkanes) is 1. The molecule has 13 nitrogen and oxygen atoms in total. The van der Waals surface area contributed by atoms with E-state index in [9.17, 15) is 26.4 Å². The lowest BCUT2D eigenvalue weighted by atomic mass is 10.0. The van der Waals surface area contributed by atoms with Crippen molar-refractivity contribution in [1.82, 2.24) is 10.0 Å². The number of rotatable bonds is 19. The van der Waals surface area contributed by atoms with Crippen LogP contribution in [0.5, 0.6) is 11.5 Å². The molecule has 0 saturated carbocycles. The first-order chi connectivity index (χ1) is 25.3. The molecule has 4 aromatic carbocycles. The minimum absolute atomic E-state index is 0.0650. The van der Waals surface area contributed by atoms with Gasteiger partial charge >= 0.3 is 12.1 Å². The Morgan fingerprint density at radius 2 is 1.55 bits per heavy atom. The van der Waals surface area contributed by atoms with Crippen molar-refractivity contribution in [2.45, 2.75) is 55.7 Å². The van der Waals surface area contributed by atoms with Gasteiger partial charge in [0.1, 0.15) is 29.2 Å². The van der Waals surface area contributed by atoms with E-state index in [1.54, 1.807) is 49.4 Å². The van der Waals surface area contributed by atoms with Gasteiger partial charge in [-0.2, -0.15) is 0 Å². The zero-order valence-electron chi connectivity index (χ0n) is 29.9. The summed E-state index contributed by atoms with van der Waals surface area (Å²) in [6.07, 6.45) is 0.952. The fourth-order valence-corrected chi connectivity index (χ4v) is 7.29. The lowest BCUT2D eigenvalue weighted by Gasteiger charge is -2.18. The highest BCUT2D eigenvalue weighted by atomic mass is 32.2. The number of hydrogen-bond acceptors (Lipinski definition) is 11. The summed E-state index contributed by atoms with van der Waals surface area (Å²) < 4.78 is 77.3. The number of nitrogens with one attached hydrogen (secondary N) is 2. The summed E-state index contributed by atoms with van der Waals surface area (Å²) in [6.45, 7) is 3.57. The van der Waals surface area contributed by atoms with Crippen LogP contribution in [-0.4, -0.2) is 61.5 Å². The highest BCUT2D eigenvalue weighted by Gasteiger charge is 2.23. The summed E-state index contributed by atoms with van der Waals surface area (Å²) in [5.74, 6) is -0.295. The third-order valence-corrected chi connectivity index (χ3v) is 10.5. The molecule has 1 unspecified atom stereocenters. The fraction of sp³-hybridized carbons (Fsp3) is 0.316. The second-order valence-electron chi connectivity index (χ2n) is 11.9. The molecule has 0 bridgehead atoms. The summed E-state index contributed by atoms with van der Waals surface area (Å²) in [5.41, 5.74) is 8.84. The van der Waals surface area contributed by atoms with Crippen LogP contribution in [-0.2, 0) is 47.2 Å². The number of ether oxygens (including phenoxy) is 4. The molecule has 0 aliphatic rings. The van der Waals surface area contributed by atoms with Crippen molar-refractivity contribution in [3.05, 3.63) is 108 Å². The van der Waals surface area contributed by atoms with Gasteiger partial charge < -0.3 is 30.0 Å². The average molecular weight is 768 g/mol. The highest BCUT2D eigenvalue weighted by Crippen LogP contribution is 2.33. The molecule has 0 fully saturated rings. The second-order valence-corrected chi connectivity index (χ2v) is 15.6. The first kappa shape index (κ1) is 40.8. The van der Waals surface area contributed by atoms with Gasteiger partial charge in [0.05, 0.1) is 18.1 Å². The van der Waals surface area contributed by atoms with Crippen molar-refractivity contribution in [1.29, 1.82) is 0 Å². The minimum Gasteiger partial charge on any atom is -0.487 e. The SMILES string of the molecule is CCCCOC(=O)NC(N)c1ccc(OCc2ccccc2)c(S(=O)(=O)NCCc2ccc(-c3ccccc3S(C)(=O)=O)cc2OCC(=O)OCC)c1. The first-order valence-corrected chi connectivity index (χ1v) is 20.4. The van der Waals surface area contributed by atoms with E-state index in [0.717, 1.165) is 18.2 Å². The van der Waals surface area contributed by atoms with Gasteiger partial charge in [0.2, 0.25) is 10.0 Å². The molecule has 1 amide bonds. The van der Waals surface area contributed by atoms with E-state index in [-0.39, 0.29) is 54.1 Å². The quantitative estimate of drug-likeness (QED) is 0.0640. The maximum atomic E-state index is 13.9. The van der Waals surface area contributed by atoms with Crippen molar-refractivity contribution in [2.75, 3.05) is 32.6 Å². The van der Waals surface area contributed by atoms with Gasteiger partial charge in [-0.1, -0.05) is 80.1 Å². The number of benzene rings is 4. The number of carbonyl (C=O) groups is 2. The average Bonchev–Trinajstić information content (AvgIpc) is 3.13. The second kappa shape index (κ2) is 19.2. The van der Waals surface area contributed by atoms with Crippen molar-refractivity contribution in [3.8, 4) is 22.6 Å². The third kappa shape index (κ3) is 12.0. The molecule has 4 rings (SSSR count). The molecule has 0 heterocycles. The number of amides is 1. The molecular formula is C38H45N3O10S2. The van der Waals surface area contributed by atoms with Crippen LogP contribution in [0.15, 0.2) is 101 Å². The third-order valence-electron chi connectivity index (χ3n) is 7.86. The summed E-state index contributed by atoms with van der Waals surface area (Å²) in [4.78, 5) is 24.3. The van der Waals surface area contributed by atoms with Gasteiger partial charge in [-0.05, 0) is 66.3 Å². The Bertz CT molecular complexity index is 2080. The number of alkyl carbamates (subject to hydrolysis) is 1. The molecule has 0 saturated heterocycles. The van der Waals surface area contributed by atoms with Crippen LogP contribution in [0.4, 0.5) is 4.79 Å². The largest absolute Gasteiger partial charge is 0.487 e. The van der Waals surface area contributed by atoms with Crippen molar-refractivity contribution >= 4 is 31.9 Å². The van der Waals surface area contributed by atoms with E-state index >= 15 is 0 Å². The molecule has 4 N–H and O–H groups in total. The maximum absolute atomic E-state index is 13.9. The molecule has 53 heavy (non-hydrogen) atoms. The number of sulfonamides is 1. The van der Waals surface area contributed by atoms with Crippen molar-refractivity contribution in [2.24, 2.45) is 5.73 Å². The zero-order chi connectivity index (χ0) is 38.4. The molecule has 284 valence electrons. The van der Waals surface area contributed by atoms with Crippen molar-refractivity contribution in [3.63, 3.8) is 0 Å². The highest BCUT2D eigenvalue weighted by molar-refractivity contribution is 7.91. The van der Waals surface area contributed by atoms with Crippen LogP contribution in [0.25, 0.3) is 11.1 Å². The Labute approximate surface area is 310 Å². The summed E-state index contributed by atoms with van der Waals surface area (Å²) >= 11 is 0. The van der Waals surface area contributed by atoms with Gasteiger partial charge in [0.15, 0.2) is 16.4 Å². The first-order valence-electron chi connectivity index (χ1n) is 17.0. The Kier molecular flexibility index (Phi) is 14.8. The Morgan fingerprint density at radius 1 is 0.811 bits per heavy atom. The number of sulfone groups is 1. The van der Waals surface area contributed by atoms with Crippen LogP contribution in [0.2, 0.25) is 0 Å². The molecule has 0 aliphatic heterocycles. The molecule has 1 atom stereocenters. The Hall–Kier alpha value is -4.96. The Morgan fingerprint density at radius 3 is 2.26 bits per heavy atom. The van der Waals surface area contributed by atoms with Gasteiger partial charge in [-0.15, -0.1) is 0 Å². The predicted octanol–water partition coefficient (Wildman–Crippen LogP) is 5.28. The van der Waals surface area contributed by atoms with E-state index in [1.165, 1.54) is 18.2 Å². The van der Waals surface area contributed by atoms with Crippen molar-refractivity contribution < 1.29 is 45.4 Å². The van der Waals surface area contributed by atoms with Crippen LogP contribution < -0.4 is 25.2 Å². The van der Waals surface area contributed by atoms with E-state index < -0.39 is 44.7 Å². The van der Waals surface area contributed by atoms with E-state index in [2.05, 4.69) is 10.0 Å². The fourth-order valence-electron chi connectivity index (χ4n) is 5.17. The predicted molar refractivity (Wildman–Crippen MR) is 200 cm³/mol. The smallest absolute Gasteiger partial charge is 0.408 e. The van der Waals surface area contributed by atoms with Crippen LogP contribution in [0, 0.1) is 0 Å². The van der Waals surface area contributed by atoms with Crippen LogP contribution in [0.3, 0.4) is 0 Å². The molecule has 0 spiro atoms. The zero-order valence-corrected chi connectivity index (χ0v) is 31.5. The minimum atomic E-state index is -4.24. The van der Waals surface area contributed by atoms with Gasteiger partial charge in [-0.3, -0.25) is 0 Å². The number of carbonyl (C=O) groups excluding carboxylic acids is 2. The molecule has 0 aliphatic carbocycles. The summed E-state index contributed by atoms with van der Waals surface area (Å²) in [5, 5.41) is 2.52. The van der Waals surface area contributed by atoms with Crippen LogP contribution >= 0.6 is 0 Å². The lowest BCUT2D eigenvalue weighted by molar-refractivity contribution is -0.145.